The van der Waals surface area contributed by atoms with Crippen molar-refractivity contribution in [3.8, 4) is 0 Å². The second-order valence-corrected chi connectivity index (χ2v) is 5.91. The highest BCUT2D eigenvalue weighted by molar-refractivity contribution is 6.31. The third kappa shape index (κ3) is 3.34. The minimum Gasteiger partial charge on any atom is -0.422 e. The smallest absolute Gasteiger partial charge is 0.349 e. The molecule has 122 valence electrons. The zero-order chi connectivity index (χ0) is 17.1. The van der Waals surface area contributed by atoms with Gasteiger partial charge in [0.1, 0.15) is 11.1 Å². The van der Waals surface area contributed by atoms with Crippen LogP contribution < -0.4 is 10.9 Å². The number of benzene rings is 2. The highest BCUT2D eigenvalue weighted by atomic mass is 35.5. The lowest BCUT2D eigenvalue weighted by Crippen LogP contribution is -2.31. The van der Waals surface area contributed by atoms with E-state index >= 15 is 0 Å². The van der Waals surface area contributed by atoms with Crippen molar-refractivity contribution in [3.05, 3.63) is 81.2 Å². The number of rotatable bonds is 4. The maximum atomic E-state index is 12.5. The lowest BCUT2D eigenvalue weighted by Gasteiger charge is -2.17. The molecule has 0 saturated heterocycles. The van der Waals surface area contributed by atoms with Gasteiger partial charge in [-0.15, -0.1) is 0 Å². The van der Waals surface area contributed by atoms with E-state index in [9.17, 15) is 9.59 Å². The van der Waals surface area contributed by atoms with Crippen LogP contribution in [0.2, 0.25) is 5.02 Å². The fourth-order valence-corrected chi connectivity index (χ4v) is 2.78. The van der Waals surface area contributed by atoms with Crippen LogP contribution in [0.15, 0.2) is 63.8 Å². The first-order valence-electron chi connectivity index (χ1n) is 7.67. The summed E-state index contributed by atoms with van der Waals surface area (Å²) in [6.45, 7) is 1.97. The molecular weight excluding hydrogens is 326 g/mol. The Balaban J connectivity index is 1.93. The van der Waals surface area contributed by atoms with Crippen molar-refractivity contribution in [1.82, 2.24) is 5.32 Å². The SMILES string of the molecule is CC[C@@H](NC(=O)c1cc2cc(Cl)ccc2oc1=O)c1ccccc1. The van der Waals surface area contributed by atoms with E-state index in [0.29, 0.717) is 22.4 Å². The van der Waals surface area contributed by atoms with Crippen LogP contribution in [-0.2, 0) is 0 Å². The Morgan fingerprint density at radius 3 is 2.62 bits per heavy atom. The van der Waals surface area contributed by atoms with E-state index in [1.165, 1.54) is 6.07 Å². The number of amides is 1. The molecular formula is C19H16ClNO3. The molecule has 0 fully saturated rings. The van der Waals surface area contributed by atoms with E-state index in [1.54, 1.807) is 18.2 Å². The standard InChI is InChI=1S/C19H16ClNO3/c1-2-16(12-6-4-3-5-7-12)21-18(22)15-11-13-10-14(20)8-9-17(13)24-19(15)23/h3-11,16H,2H2,1H3,(H,21,22)/t16-/m1/s1. The molecule has 24 heavy (non-hydrogen) atoms. The van der Waals surface area contributed by atoms with Gasteiger partial charge in [0.05, 0.1) is 6.04 Å². The largest absolute Gasteiger partial charge is 0.422 e. The van der Waals surface area contributed by atoms with Gasteiger partial charge in [-0.25, -0.2) is 4.79 Å². The van der Waals surface area contributed by atoms with Gasteiger partial charge in [-0.2, -0.15) is 0 Å². The molecule has 4 nitrogen and oxygen atoms in total. The molecule has 1 atom stereocenters. The van der Waals surface area contributed by atoms with Gasteiger partial charge >= 0.3 is 5.63 Å². The summed E-state index contributed by atoms with van der Waals surface area (Å²) in [5, 5.41) is 4.01. The molecule has 5 heteroatoms. The Hall–Kier alpha value is -2.59. The second-order valence-electron chi connectivity index (χ2n) is 5.47. The number of hydrogen-bond acceptors (Lipinski definition) is 3. The molecule has 0 aliphatic rings. The zero-order valence-electron chi connectivity index (χ0n) is 13.1. The lowest BCUT2D eigenvalue weighted by atomic mass is 10.0. The van der Waals surface area contributed by atoms with Crippen molar-refractivity contribution < 1.29 is 9.21 Å². The Morgan fingerprint density at radius 1 is 1.17 bits per heavy atom. The van der Waals surface area contributed by atoms with Crippen molar-refractivity contribution in [2.45, 2.75) is 19.4 Å². The van der Waals surface area contributed by atoms with E-state index in [4.69, 9.17) is 16.0 Å². The first-order chi connectivity index (χ1) is 11.6. The maximum Gasteiger partial charge on any atom is 0.349 e. The molecule has 0 aliphatic heterocycles. The minimum atomic E-state index is -0.662. The molecule has 3 rings (SSSR count). The molecule has 1 heterocycles. The normalized spacial score (nSPS) is 12.1. The molecule has 0 spiro atoms. The zero-order valence-corrected chi connectivity index (χ0v) is 13.8. The van der Waals surface area contributed by atoms with Gasteiger partial charge in [0.15, 0.2) is 0 Å². The van der Waals surface area contributed by atoms with Crippen LogP contribution in [0.4, 0.5) is 0 Å². The van der Waals surface area contributed by atoms with Crippen LogP contribution in [0.3, 0.4) is 0 Å². The molecule has 0 saturated carbocycles. The lowest BCUT2D eigenvalue weighted by molar-refractivity contribution is 0.0932. The van der Waals surface area contributed by atoms with Crippen LogP contribution in [0.25, 0.3) is 11.0 Å². The predicted molar refractivity (Wildman–Crippen MR) is 94.4 cm³/mol. The van der Waals surface area contributed by atoms with E-state index in [0.717, 1.165) is 5.56 Å². The number of halogens is 1. The molecule has 2 aromatic carbocycles. The summed E-state index contributed by atoms with van der Waals surface area (Å²) < 4.78 is 5.21. The number of carbonyl (C=O) groups excluding carboxylic acids is 1. The highest BCUT2D eigenvalue weighted by Crippen LogP contribution is 2.20. The average molecular weight is 342 g/mol. The second kappa shape index (κ2) is 6.89. The van der Waals surface area contributed by atoms with E-state index in [-0.39, 0.29) is 11.6 Å². The molecule has 1 N–H and O–H groups in total. The Morgan fingerprint density at radius 2 is 1.92 bits per heavy atom. The molecule has 1 aromatic heterocycles. The molecule has 0 aliphatic carbocycles. The van der Waals surface area contributed by atoms with Crippen molar-refractivity contribution in [1.29, 1.82) is 0 Å². The summed E-state index contributed by atoms with van der Waals surface area (Å²) in [7, 11) is 0. The van der Waals surface area contributed by atoms with Gasteiger partial charge in [0, 0.05) is 10.4 Å². The summed E-state index contributed by atoms with van der Waals surface area (Å²) in [6.07, 6.45) is 0.709. The maximum absolute atomic E-state index is 12.5. The van der Waals surface area contributed by atoms with Crippen molar-refractivity contribution in [3.63, 3.8) is 0 Å². The number of carbonyl (C=O) groups is 1. The highest BCUT2D eigenvalue weighted by Gasteiger charge is 2.18. The summed E-state index contributed by atoms with van der Waals surface area (Å²) in [5.41, 5.74) is 0.696. The van der Waals surface area contributed by atoms with Gasteiger partial charge in [-0.1, -0.05) is 48.9 Å². The number of hydrogen-bond donors (Lipinski definition) is 1. The van der Waals surface area contributed by atoms with Gasteiger partial charge in [-0.05, 0) is 36.2 Å². The predicted octanol–water partition coefficient (Wildman–Crippen LogP) is 4.33. The van der Waals surface area contributed by atoms with E-state index in [2.05, 4.69) is 5.32 Å². The van der Waals surface area contributed by atoms with Crippen molar-refractivity contribution in [2.24, 2.45) is 0 Å². The summed E-state index contributed by atoms with van der Waals surface area (Å²) in [4.78, 5) is 24.6. The average Bonchev–Trinajstić information content (AvgIpc) is 2.60. The molecule has 0 radical (unpaired) electrons. The van der Waals surface area contributed by atoms with Crippen LogP contribution in [-0.4, -0.2) is 5.91 Å². The number of fused-ring (bicyclic) bond motifs is 1. The van der Waals surface area contributed by atoms with Gasteiger partial charge in [0.25, 0.3) is 5.91 Å². The van der Waals surface area contributed by atoms with Crippen LogP contribution in [0, 0.1) is 0 Å². The minimum absolute atomic E-state index is 0.0286. The fraction of sp³-hybridized carbons (Fsp3) is 0.158. The van der Waals surface area contributed by atoms with E-state index < -0.39 is 11.5 Å². The molecule has 1 amide bonds. The van der Waals surface area contributed by atoms with Crippen LogP contribution in [0.1, 0.15) is 35.3 Å². The first kappa shape index (κ1) is 16.3. The topological polar surface area (TPSA) is 59.3 Å². The molecule has 0 bridgehead atoms. The van der Waals surface area contributed by atoms with Crippen molar-refractivity contribution >= 4 is 28.5 Å². The third-order valence-corrected chi connectivity index (χ3v) is 4.09. The summed E-state index contributed by atoms with van der Waals surface area (Å²) in [5.74, 6) is -0.457. The monoisotopic (exact) mass is 341 g/mol. The van der Waals surface area contributed by atoms with Crippen molar-refractivity contribution in [2.75, 3.05) is 0 Å². The third-order valence-electron chi connectivity index (χ3n) is 3.85. The number of nitrogens with one attached hydrogen (secondary N) is 1. The quantitative estimate of drug-likeness (QED) is 0.718. The van der Waals surface area contributed by atoms with Gasteiger partial charge in [-0.3, -0.25) is 4.79 Å². The molecule has 0 unspecified atom stereocenters. The Bertz CT molecular complexity index is 934. The van der Waals surface area contributed by atoms with Gasteiger partial charge < -0.3 is 9.73 Å². The fourth-order valence-electron chi connectivity index (χ4n) is 2.60. The van der Waals surface area contributed by atoms with Crippen LogP contribution >= 0.6 is 11.6 Å². The van der Waals surface area contributed by atoms with E-state index in [1.807, 2.05) is 37.3 Å². The Kier molecular flexibility index (Phi) is 4.67. The van der Waals surface area contributed by atoms with Crippen LogP contribution in [0.5, 0.6) is 0 Å². The summed E-state index contributed by atoms with van der Waals surface area (Å²) >= 11 is 5.96. The first-order valence-corrected chi connectivity index (χ1v) is 8.05. The Labute approximate surface area is 144 Å². The molecule has 3 aromatic rings. The summed E-state index contributed by atoms with van der Waals surface area (Å²) in [6, 6.07) is 15.9. The van der Waals surface area contributed by atoms with Gasteiger partial charge in [0.2, 0.25) is 0 Å².